The summed E-state index contributed by atoms with van der Waals surface area (Å²) in [6.45, 7) is 3.24. The normalized spacial score (nSPS) is 22.0. The maximum atomic E-state index is 5.21. The van der Waals surface area contributed by atoms with Crippen molar-refractivity contribution in [3.8, 4) is 5.75 Å². The first-order chi connectivity index (χ1) is 9.78. The topological polar surface area (TPSA) is 38.2 Å². The molecule has 1 fully saturated rings. The Labute approximate surface area is 119 Å². The minimum absolute atomic E-state index is 0.485. The van der Waals surface area contributed by atoms with E-state index in [-0.39, 0.29) is 0 Å². The van der Waals surface area contributed by atoms with Crippen LogP contribution in [0, 0.1) is 0 Å². The SMILES string of the molecule is COc1ccc([C@@H]2C[C@H](C)N(c3cnccn3)C2)cc1. The summed E-state index contributed by atoms with van der Waals surface area (Å²) in [7, 11) is 1.70. The van der Waals surface area contributed by atoms with E-state index in [1.54, 1.807) is 19.5 Å². The lowest BCUT2D eigenvalue weighted by molar-refractivity contribution is 0.414. The fourth-order valence-corrected chi connectivity index (χ4v) is 2.91. The van der Waals surface area contributed by atoms with Crippen molar-refractivity contribution in [1.29, 1.82) is 0 Å². The number of hydrogen-bond acceptors (Lipinski definition) is 4. The number of rotatable bonds is 3. The zero-order chi connectivity index (χ0) is 13.9. The molecule has 2 atom stereocenters. The molecule has 0 radical (unpaired) electrons. The lowest BCUT2D eigenvalue weighted by Crippen LogP contribution is -2.27. The molecule has 20 heavy (non-hydrogen) atoms. The summed E-state index contributed by atoms with van der Waals surface area (Å²) in [6, 6.07) is 8.88. The fourth-order valence-electron chi connectivity index (χ4n) is 2.91. The molecule has 4 heteroatoms. The van der Waals surface area contributed by atoms with Gasteiger partial charge in [-0.25, -0.2) is 4.98 Å². The van der Waals surface area contributed by atoms with Crippen LogP contribution in [0.4, 0.5) is 5.82 Å². The van der Waals surface area contributed by atoms with Crippen LogP contribution in [0.3, 0.4) is 0 Å². The van der Waals surface area contributed by atoms with Crippen molar-refractivity contribution in [3.05, 3.63) is 48.4 Å². The lowest BCUT2D eigenvalue weighted by atomic mass is 9.97. The van der Waals surface area contributed by atoms with Gasteiger partial charge in [-0.15, -0.1) is 0 Å². The van der Waals surface area contributed by atoms with Gasteiger partial charge in [0.15, 0.2) is 0 Å². The highest BCUT2D eigenvalue weighted by atomic mass is 16.5. The number of methoxy groups -OCH3 is 1. The standard InChI is InChI=1S/C16H19N3O/c1-12-9-14(13-3-5-15(20-2)6-4-13)11-19(12)16-10-17-7-8-18-16/h3-8,10,12,14H,9,11H2,1-2H3/t12-,14+/m0/s1. The zero-order valence-corrected chi connectivity index (χ0v) is 11.9. The van der Waals surface area contributed by atoms with Crippen LogP contribution < -0.4 is 9.64 Å². The molecule has 1 aliphatic rings. The number of aromatic nitrogens is 2. The molecule has 3 rings (SSSR count). The maximum Gasteiger partial charge on any atom is 0.147 e. The highest BCUT2D eigenvalue weighted by molar-refractivity contribution is 5.41. The molecule has 1 aromatic heterocycles. The van der Waals surface area contributed by atoms with Gasteiger partial charge in [0.1, 0.15) is 11.6 Å². The third-order valence-corrected chi connectivity index (χ3v) is 4.01. The Morgan fingerprint density at radius 3 is 2.65 bits per heavy atom. The first-order valence-electron chi connectivity index (χ1n) is 6.94. The van der Waals surface area contributed by atoms with E-state index in [9.17, 15) is 0 Å². The third kappa shape index (κ3) is 2.46. The van der Waals surface area contributed by atoms with Gasteiger partial charge < -0.3 is 9.64 Å². The van der Waals surface area contributed by atoms with E-state index in [4.69, 9.17) is 4.74 Å². The molecular formula is C16H19N3O. The second-order valence-corrected chi connectivity index (χ2v) is 5.27. The van der Waals surface area contributed by atoms with Gasteiger partial charge >= 0.3 is 0 Å². The summed E-state index contributed by atoms with van der Waals surface area (Å²) in [5, 5.41) is 0. The molecule has 0 bridgehead atoms. The van der Waals surface area contributed by atoms with Crippen LogP contribution in [0.25, 0.3) is 0 Å². The minimum atomic E-state index is 0.485. The van der Waals surface area contributed by atoms with Crippen LogP contribution in [0.1, 0.15) is 24.8 Å². The van der Waals surface area contributed by atoms with E-state index in [0.717, 1.165) is 24.5 Å². The first kappa shape index (κ1) is 12.9. The van der Waals surface area contributed by atoms with Crippen LogP contribution in [-0.4, -0.2) is 29.7 Å². The summed E-state index contributed by atoms with van der Waals surface area (Å²) in [6.07, 6.45) is 6.45. The Morgan fingerprint density at radius 2 is 2.00 bits per heavy atom. The average molecular weight is 269 g/mol. The second-order valence-electron chi connectivity index (χ2n) is 5.27. The Balaban J connectivity index is 1.77. The monoisotopic (exact) mass is 269 g/mol. The molecule has 1 saturated heterocycles. The van der Waals surface area contributed by atoms with E-state index in [1.807, 2.05) is 18.3 Å². The van der Waals surface area contributed by atoms with Crippen molar-refractivity contribution >= 4 is 5.82 Å². The van der Waals surface area contributed by atoms with E-state index in [2.05, 4.69) is 33.9 Å². The van der Waals surface area contributed by atoms with Gasteiger partial charge in [-0.1, -0.05) is 12.1 Å². The van der Waals surface area contributed by atoms with Gasteiger partial charge in [-0.2, -0.15) is 0 Å². The highest BCUT2D eigenvalue weighted by Gasteiger charge is 2.30. The van der Waals surface area contributed by atoms with E-state index < -0.39 is 0 Å². The van der Waals surface area contributed by atoms with E-state index >= 15 is 0 Å². The number of nitrogens with zero attached hydrogens (tertiary/aromatic N) is 3. The number of ether oxygens (including phenoxy) is 1. The minimum Gasteiger partial charge on any atom is -0.497 e. The molecule has 2 aromatic rings. The smallest absolute Gasteiger partial charge is 0.147 e. The summed E-state index contributed by atoms with van der Waals surface area (Å²) >= 11 is 0. The molecule has 0 amide bonds. The molecule has 104 valence electrons. The summed E-state index contributed by atoms with van der Waals surface area (Å²) in [4.78, 5) is 10.9. The molecule has 1 aromatic carbocycles. The van der Waals surface area contributed by atoms with Gasteiger partial charge in [-0.05, 0) is 31.0 Å². The predicted octanol–water partition coefficient (Wildman–Crippen LogP) is 2.87. The molecule has 1 aliphatic heterocycles. The van der Waals surface area contributed by atoms with Gasteiger partial charge in [0.25, 0.3) is 0 Å². The first-order valence-corrected chi connectivity index (χ1v) is 6.94. The average Bonchev–Trinajstić information content (AvgIpc) is 2.90. The Morgan fingerprint density at radius 1 is 1.20 bits per heavy atom. The van der Waals surface area contributed by atoms with Crippen molar-refractivity contribution in [1.82, 2.24) is 9.97 Å². The highest BCUT2D eigenvalue weighted by Crippen LogP contribution is 2.34. The van der Waals surface area contributed by atoms with Gasteiger partial charge in [0.05, 0.1) is 13.3 Å². The molecule has 0 N–H and O–H groups in total. The zero-order valence-electron chi connectivity index (χ0n) is 11.9. The molecule has 0 spiro atoms. The molecular weight excluding hydrogens is 250 g/mol. The van der Waals surface area contributed by atoms with Crippen LogP contribution >= 0.6 is 0 Å². The Kier molecular flexibility index (Phi) is 3.54. The van der Waals surface area contributed by atoms with Crippen molar-refractivity contribution in [2.24, 2.45) is 0 Å². The quantitative estimate of drug-likeness (QED) is 0.858. The van der Waals surface area contributed by atoms with E-state index in [0.29, 0.717) is 12.0 Å². The number of hydrogen-bond donors (Lipinski definition) is 0. The molecule has 0 unspecified atom stereocenters. The van der Waals surface area contributed by atoms with Gasteiger partial charge in [-0.3, -0.25) is 4.98 Å². The summed E-state index contributed by atoms with van der Waals surface area (Å²) in [5.41, 5.74) is 1.36. The van der Waals surface area contributed by atoms with Gasteiger partial charge in [0, 0.05) is 30.9 Å². The summed E-state index contributed by atoms with van der Waals surface area (Å²) in [5.74, 6) is 2.42. The third-order valence-electron chi connectivity index (χ3n) is 4.01. The number of benzene rings is 1. The molecule has 0 aliphatic carbocycles. The van der Waals surface area contributed by atoms with Gasteiger partial charge in [0.2, 0.25) is 0 Å². The van der Waals surface area contributed by atoms with Crippen LogP contribution in [0.2, 0.25) is 0 Å². The van der Waals surface area contributed by atoms with Crippen molar-refractivity contribution in [2.45, 2.75) is 25.3 Å². The van der Waals surface area contributed by atoms with Crippen LogP contribution in [-0.2, 0) is 0 Å². The largest absolute Gasteiger partial charge is 0.497 e. The predicted molar refractivity (Wildman–Crippen MR) is 79.2 cm³/mol. The molecule has 2 heterocycles. The molecule has 0 saturated carbocycles. The van der Waals surface area contributed by atoms with Crippen molar-refractivity contribution < 1.29 is 4.74 Å². The molecule has 4 nitrogen and oxygen atoms in total. The Hall–Kier alpha value is -2.10. The van der Waals surface area contributed by atoms with Crippen LogP contribution in [0.15, 0.2) is 42.9 Å². The maximum absolute atomic E-state index is 5.21. The van der Waals surface area contributed by atoms with Crippen LogP contribution in [0.5, 0.6) is 5.75 Å². The van der Waals surface area contributed by atoms with Crippen molar-refractivity contribution in [3.63, 3.8) is 0 Å². The summed E-state index contributed by atoms with van der Waals surface area (Å²) < 4.78 is 5.21. The number of anilines is 1. The lowest BCUT2D eigenvalue weighted by Gasteiger charge is -2.21. The van der Waals surface area contributed by atoms with E-state index in [1.165, 1.54) is 5.56 Å². The second kappa shape index (κ2) is 5.49. The van der Waals surface area contributed by atoms with Crippen molar-refractivity contribution in [2.75, 3.05) is 18.6 Å². The Bertz CT molecular complexity index is 556. The fraction of sp³-hybridized carbons (Fsp3) is 0.375.